The Bertz CT molecular complexity index is 1110. The first kappa shape index (κ1) is 19.2. The zero-order valence-corrected chi connectivity index (χ0v) is 17.1. The van der Waals surface area contributed by atoms with Crippen molar-refractivity contribution in [2.24, 2.45) is 0 Å². The van der Waals surface area contributed by atoms with Crippen LogP contribution in [0.2, 0.25) is 0 Å². The van der Waals surface area contributed by atoms with Crippen molar-refractivity contribution in [2.75, 3.05) is 7.11 Å². The highest BCUT2D eigenvalue weighted by Crippen LogP contribution is 2.27. The minimum Gasteiger partial charge on any atom is -0.497 e. The molecule has 0 N–H and O–H groups in total. The zero-order valence-electron chi connectivity index (χ0n) is 17.1. The van der Waals surface area contributed by atoms with Gasteiger partial charge in [-0.05, 0) is 51.3 Å². The summed E-state index contributed by atoms with van der Waals surface area (Å²) < 4.78 is 6.87. The van der Waals surface area contributed by atoms with Crippen LogP contribution in [-0.4, -0.2) is 34.6 Å². The topological polar surface area (TPSA) is 51.5 Å². The number of nitrogens with zero attached hydrogens (tertiary/aromatic N) is 2. The number of pyridine rings is 1. The van der Waals surface area contributed by atoms with Gasteiger partial charge in [0.15, 0.2) is 0 Å². The average Bonchev–Trinajstić information content (AvgIpc) is 2.74. The van der Waals surface area contributed by atoms with Crippen LogP contribution in [0.15, 0.2) is 59.5 Å². The van der Waals surface area contributed by atoms with Gasteiger partial charge in [0.25, 0.3) is 11.5 Å². The van der Waals surface area contributed by atoms with Crippen LogP contribution in [0, 0.1) is 0 Å². The lowest BCUT2D eigenvalue weighted by Gasteiger charge is -2.39. The van der Waals surface area contributed by atoms with Gasteiger partial charge in [-0.25, -0.2) is 0 Å². The summed E-state index contributed by atoms with van der Waals surface area (Å²) in [5, 5.41) is 1.24. The maximum absolute atomic E-state index is 13.6. The van der Waals surface area contributed by atoms with E-state index < -0.39 is 0 Å². The quantitative estimate of drug-likeness (QED) is 0.666. The van der Waals surface area contributed by atoms with Crippen molar-refractivity contribution in [3.05, 3.63) is 70.6 Å². The van der Waals surface area contributed by atoms with E-state index in [0.717, 1.165) is 19.3 Å². The molecule has 1 aromatic heterocycles. The molecule has 0 unspecified atom stereocenters. The summed E-state index contributed by atoms with van der Waals surface area (Å²) >= 11 is 0. The van der Waals surface area contributed by atoms with Gasteiger partial charge in [-0.1, -0.05) is 24.3 Å². The summed E-state index contributed by atoms with van der Waals surface area (Å²) in [6.45, 7) is 4.21. The summed E-state index contributed by atoms with van der Waals surface area (Å²) in [4.78, 5) is 28.8. The van der Waals surface area contributed by atoms with E-state index in [1.807, 2.05) is 41.3 Å². The summed E-state index contributed by atoms with van der Waals surface area (Å²) in [5.41, 5.74) is 1.09. The SMILES string of the molecule is COc1cccc(-n2cc(C(=O)N3[C@H](C)CCC[C@H]3C)c3ccccc3c2=O)c1. The fourth-order valence-electron chi connectivity index (χ4n) is 4.37. The first-order valence-corrected chi connectivity index (χ1v) is 10.1. The molecule has 2 heterocycles. The standard InChI is InChI=1S/C24H26N2O3/c1-16-8-6-9-17(2)26(16)24(28)22-15-25(18-10-7-11-19(14-18)29-3)23(27)21-13-5-4-12-20(21)22/h4-5,7,10-17H,6,8-9H2,1-3H3/t16-,17-/m1/s1. The third-order valence-electron chi connectivity index (χ3n) is 5.91. The first-order valence-electron chi connectivity index (χ1n) is 10.1. The summed E-state index contributed by atoms with van der Waals surface area (Å²) in [6, 6.07) is 15.0. The van der Waals surface area contributed by atoms with Crippen LogP contribution < -0.4 is 10.3 Å². The molecule has 5 nitrogen and oxygen atoms in total. The lowest BCUT2D eigenvalue weighted by molar-refractivity contribution is 0.0512. The van der Waals surface area contributed by atoms with Crippen molar-refractivity contribution in [2.45, 2.75) is 45.2 Å². The van der Waals surface area contributed by atoms with Gasteiger partial charge in [0, 0.05) is 35.1 Å². The van der Waals surface area contributed by atoms with Crippen molar-refractivity contribution >= 4 is 16.7 Å². The predicted octanol–water partition coefficient (Wildman–Crippen LogP) is 4.40. The van der Waals surface area contributed by atoms with Crippen molar-refractivity contribution in [3.63, 3.8) is 0 Å². The second-order valence-corrected chi connectivity index (χ2v) is 7.81. The van der Waals surface area contributed by atoms with Crippen LogP contribution in [0.5, 0.6) is 5.75 Å². The molecule has 5 heteroatoms. The Kier molecular flexibility index (Phi) is 5.14. The number of likely N-dealkylation sites (tertiary alicyclic amines) is 1. The van der Waals surface area contributed by atoms with Crippen LogP contribution in [-0.2, 0) is 0 Å². The molecule has 2 aromatic carbocycles. The molecule has 150 valence electrons. The molecule has 3 aromatic rings. The number of hydrogen-bond acceptors (Lipinski definition) is 3. The third kappa shape index (κ3) is 3.41. The van der Waals surface area contributed by atoms with E-state index in [1.165, 1.54) is 0 Å². The number of hydrogen-bond donors (Lipinski definition) is 0. The molecule has 1 aliphatic heterocycles. The molecule has 29 heavy (non-hydrogen) atoms. The van der Waals surface area contributed by atoms with Gasteiger partial charge in [-0.15, -0.1) is 0 Å². The zero-order chi connectivity index (χ0) is 20.5. The highest BCUT2D eigenvalue weighted by Gasteiger charge is 2.31. The maximum atomic E-state index is 13.6. The van der Waals surface area contributed by atoms with E-state index in [0.29, 0.717) is 27.8 Å². The third-order valence-corrected chi connectivity index (χ3v) is 5.91. The lowest BCUT2D eigenvalue weighted by atomic mass is 9.95. The monoisotopic (exact) mass is 390 g/mol. The number of methoxy groups -OCH3 is 1. The van der Waals surface area contributed by atoms with Crippen molar-refractivity contribution in [1.82, 2.24) is 9.47 Å². The maximum Gasteiger partial charge on any atom is 0.262 e. The molecular formula is C24H26N2O3. The molecule has 1 saturated heterocycles. The molecule has 0 bridgehead atoms. The predicted molar refractivity (Wildman–Crippen MR) is 115 cm³/mol. The Hall–Kier alpha value is -3.08. The minimum atomic E-state index is -0.148. The largest absolute Gasteiger partial charge is 0.497 e. The molecular weight excluding hydrogens is 364 g/mol. The highest BCUT2D eigenvalue weighted by molar-refractivity contribution is 6.06. The van der Waals surface area contributed by atoms with E-state index in [1.54, 1.807) is 30.0 Å². The minimum absolute atomic E-state index is 0.0162. The van der Waals surface area contributed by atoms with Crippen molar-refractivity contribution in [1.29, 1.82) is 0 Å². The summed E-state index contributed by atoms with van der Waals surface area (Å²) in [6.07, 6.45) is 4.83. The Balaban J connectivity index is 1.93. The van der Waals surface area contributed by atoms with E-state index >= 15 is 0 Å². The molecule has 2 atom stereocenters. The molecule has 1 aliphatic rings. The number of aromatic nitrogens is 1. The Morgan fingerprint density at radius 3 is 2.38 bits per heavy atom. The molecule has 1 fully saturated rings. The van der Waals surface area contributed by atoms with Crippen molar-refractivity contribution in [3.8, 4) is 11.4 Å². The number of piperidine rings is 1. The number of fused-ring (bicyclic) bond motifs is 1. The second-order valence-electron chi connectivity index (χ2n) is 7.81. The molecule has 0 spiro atoms. The van der Waals surface area contributed by atoms with Gasteiger partial charge < -0.3 is 9.64 Å². The highest BCUT2D eigenvalue weighted by atomic mass is 16.5. The molecule has 4 rings (SSSR count). The number of amides is 1. The fourth-order valence-corrected chi connectivity index (χ4v) is 4.37. The van der Waals surface area contributed by atoms with Crippen LogP contribution in [0.25, 0.3) is 16.5 Å². The van der Waals surface area contributed by atoms with Gasteiger partial charge in [0.1, 0.15) is 5.75 Å². The summed E-state index contributed by atoms with van der Waals surface area (Å²) in [5.74, 6) is 0.645. The Labute approximate surface area is 170 Å². The van der Waals surface area contributed by atoms with Crippen LogP contribution in [0.1, 0.15) is 43.5 Å². The summed E-state index contributed by atoms with van der Waals surface area (Å²) in [7, 11) is 1.59. The Morgan fingerprint density at radius 2 is 1.69 bits per heavy atom. The average molecular weight is 390 g/mol. The van der Waals surface area contributed by atoms with Gasteiger partial charge in [-0.3, -0.25) is 14.2 Å². The second kappa shape index (κ2) is 7.74. The van der Waals surface area contributed by atoms with E-state index in [-0.39, 0.29) is 23.6 Å². The normalized spacial score (nSPS) is 19.3. The molecule has 0 saturated carbocycles. The number of carbonyl (C=O) groups is 1. The number of rotatable bonds is 3. The van der Waals surface area contributed by atoms with Crippen LogP contribution >= 0.6 is 0 Å². The first-order chi connectivity index (χ1) is 14.0. The van der Waals surface area contributed by atoms with E-state index in [9.17, 15) is 9.59 Å². The van der Waals surface area contributed by atoms with Crippen molar-refractivity contribution < 1.29 is 9.53 Å². The Morgan fingerprint density at radius 1 is 1.00 bits per heavy atom. The number of carbonyl (C=O) groups excluding carboxylic acids is 1. The lowest BCUT2D eigenvalue weighted by Crippen LogP contribution is -2.47. The smallest absolute Gasteiger partial charge is 0.262 e. The molecule has 0 radical (unpaired) electrons. The van der Waals surface area contributed by atoms with Gasteiger partial charge >= 0.3 is 0 Å². The van der Waals surface area contributed by atoms with Gasteiger partial charge in [-0.2, -0.15) is 0 Å². The van der Waals surface area contributed by atoms with Gasteiger partial charge in [0.2, 0.25) is 0 Å². The number of benzene rings is 2. The van der Waals surface area contributed by atoms with Crippen LogP contribution in [0.4, 0.5) is 0 Å². The van der Waals surface area contributed by atoms with Crippen LogP contribution in [0.3, 0.4) is 0 Å². The van der Waals surface area contributed by atoms with E-state index in [4.69, 9.17) is 4.74 Å². The number of ether oxygens (including phenoxy) is 1. The molecule has 1 amide bonds. The van der Waals surface area contributed by atoms with E-state index in [2.05, 4.69) is 13.8 Å². The van der Waals surface area contributed by atoms with Gasteiger partial charge in [0.05, 0.1) is 18.4 Å². The fraction of sp³-hybridized carbons (Fsp3) is 0.333. The molecule has 0 aliphatic carbocycles.